The summed E-state index contributed by atoms with van der Waals surface area (Å²) in [6.45, 7) is 1.10. The summed E-state index contributed by atoms with van der Waals surface area (Å²) in [6.07, 6.45) is 3.94. The lowest BCUT2D eigenvalue weighted by Gasteiger charge is -2.23. The molecule has 0 spiro atoms. The van der Waals surface area contributed by atoms with E-state index < -0.39 is 0 Å². The average Bonchev–Trinajstić information content (AvgIpc) is 3.14. The van der Waals surface area contributed by atoms with E-state index in [-0.39, 0.29) is 11.9 Å². The third-order valence-corrected chi connectivity index (χ3v) is 5.02. The fraction of sp³-hybridized carbons (Fsp3) is 0.429. The Balaban J connectivity index is 1.54. The van der Waals surface area contributed by atoms with Gasteiger partial charge in [-0.2, -0.15) is 0 Å². The fourth-order valence-electron chi connectivity index (χ4n) is 3.35. The zero-order chi connectivity index (χ0) is 13.7. The molecule has 3 heterocycles. The van der Waals surface area contributed by atoms with Crippen LogP contribution >= 0.6 is 15.9 Å². The fourth-order valence-corrected chi connectivity index (χ4v) is 3.78. The highest BCUT2D eigenvalue weighted by atomic mass is 79.9. The number of hydrogen-bond acceptors (Lipinski definition) is 3. The molecule has 1 aliphatic heterocycles. The summed E-state index contributed by atoms with van der Waals surface area (Å²) in [5.74, 6) is 0.645. The normalized spacial score (nSPS) is 28.1. The molecular weight excluding hydrogens is 320 g/mol. The molecule has 2 aromatic heterocycles. The van der Waals surface area contributed by atoms with Crippen LogP contribution in [0, 0.1) is 5.92 Å². The second-order valence-corrected chi connectivity index (χ2v) is 6.47. The minimum atomic E-state index is -0.0795. The maximum Gasteiger partial charge on any atom is 0.270 e. The van der Waals surface area contributed by atoms with Crippen molar-refractivity contribution in [2.45, 2.75) is 24.9 Å². The van der Waals surface area contributed by atoms with Crippen LogP contribution in [0.5, 0.6) is 0 Å². The number of halogens is 1. The lowest BCUT2D eigenvalue weighted by Crippen LogP contribution is -2.48. The first-order valence-electron chi connectivity index (χ1n) is 6.87. The van der Waals surface area contributed by atoms with Crippen molar-refractivity contribution >= 4 is 27.4 Å². The van der Waals surface area contributed by atoms with Crippen molar-refractivity contribution in [3.05, 3.63) is 34.8 Å². The van der Waals surface area contributed by atoms with Crippen LogP contribution in [0.15, 0.2) is 29.1 Å². The predicted molar refractivity (Wildman–Crippen MR) is 78.7 cm³/mol. The molecule has 3 atom stereocenters. The highest BCUT2D eigenvalue weighted by Crippen LogP contribution is 2.31. The average molecular weight is 335 g/mol. The lowest BCUT2D eigenvalue weighted by molar-refractivity contribution is 0.0923. The lowest BCUT2D eigenvalue weighted by atomic mass is 10.1. The van der Waals surface area contributed by atoms with Gasteiger partial charge in [0.1, 0.15) is 12.0 Å². The van der Waals surface area contributed by atoms with E-state index in [4.69, 9.17) is 0 Å². The number of nitrogens with one attached hydrogen (secondary N) is 2. The van der Waals surface area contributed by atoms with Crippen LogP contribution in [0.2, 0.25) is 0 Å². The summed E-state index contributed by atoms with van der Waals surface area (Å²) >= 11 is 3.44. The number of hydrogen-bond donors (Lipinski definition) is 2. The molecule has 2 fully saturated rings. The van der Waals surface area contributed by atoms with Crippen molar-refractivity contribution in [3.8, 4) is 0 Å². The van der Waals surface area contributed by atoms with Gasteiger partial charge in [-0.3, -0.25) is 9.20 Å². The summed E-state index contributed by atoms with van der Waals surface area (Å²) in [4.78, 5) is 16.5. The topological polar surface area (TPSA) is 58.4 Å². The van der Waals surface area contributed by atoms with E-state index in [0.717, 1.165) is 29.0 Å². The molecule has 0 aromatic carbocycles. The van der Waals surface area contributed by atoms with E-state index >= 15 is 0 Å². The zero-order valence-electron chi connectivity index (χ0n) is 10.8. The number of carbonyl (C=O) groups excluding carboxylic acids is 1. The summed E-state index contributed by atoms with van der Waals surface area (Å²) in [6, 6.07) is 6.41. The Labute approximate surface area is 124 Å². The number of fused-ring (bicyclic) bond motifs is 3. The van der Waals surface area contributed by atoms with Crippen LogP contribution in [0.1, 0.15) is 23.3 Å². The standard InChI is InChI=1S/C14H15BrN4O/c15-13-2-1-9-5-12(17-7-19(9)13)14(20)18-11-4-8-3-10(11)16-6-8/h1-2,5,7-8,10-11,16H,3-4,6H2,(H,18,20). The molecule has 20 heavy (non-hydrogen) atoms. The van der Waals surface area contributed by atoms with E-state index in [1.165, 1.54) is 6.42 Å². The minimum absolute atomic E-state index is 0.0795. The highest BCUT2D eigenvalue weighted by Gasteiger charge is 2.40. The van der Waals surface area contributed by atoms with E-state index in [9.17, 15) is 4.79 Å². The molecule has 2 N–H and O–H groups in total. The molecule has 6 heteroatoms. The van der Waals surface area contributed by atoms with Gasteiger partial charge in [0.15, 0.2) is 0 Å². The Bertz CT molecular complexity index is 683. The summed E-state index contributed by atoms with van der Waals surface area (Å²) in [5.41, 5.74) is 1.44. The van der Waals surface area contributed by atoms with Gasteiger partial charge in [0.25, 0.3) is 5.91 Å². The Hall–Kier alpha value is -1.40. The SMILES string of the molecule is O=C(NC1CC2CNC1C2)c1cc2ccc(Br)n2cn1. The van der Waals surface area contributed by atoms with Crippen LogP contribution in [0.3, 0.4) is 0 Å². The van der Waals surface area contributed by atoms with Crippen molar-refractivity contribution < 1.29 is 4.79 Å². The Kier molecular flexibility index (Phi) is 2.82. The van der Waals surface area contributed by atoms with Crippen LogP contribution in [0.25, 0.3) is 5.52 Å². The van der Waals surface area contributed by atoms with E-state index in [1.807, 2.05) is 22.6 Å². The molecule has 2 bridgehead atoms. The molecule has 104 valence electrons. The monoisotopic (exact) mass is 334 g/mol. The molecule has 1 aliphatic carbocycles. The Morgan fingerprint density at radius 1 is 1.45 bits per heavy atom. The third kappa shape index (κ3) is 1.94. The van der Waals surface area contributed by atoms with Gasteiger partial charge in [0, 0.05) is 17.6 Å². The number of nitrogens with zero attached hydrogens (tertiary/aromatic N) is 2. The molecule has 1 saturated heterocycles. The molecule has 1 amide bonds. The second kappa shape index (κ2) is 4.56. The molecule has 2 aromatic rings. The van der Waals surface area contributed by atoms with Gasteiger partial charge in [0.2, 0.25) is 0 Å². The summed E-state index contributed by atoms with van der Waals surface area (Å²) in [7, 11) is 0. The summed E-state index contributed by atoms with van der Waals surface area (Å²) in [5, 5.41) is 6.56. The number of amides is 1. The Morgan fingerprint density at radius 2 is 2.35 bits per heavy atom. The van der Waals surface area contributed by atoms with Gasteiger partial charge >= 0.3 is 0 Å². The molecule has 0 radical (unpaired) electrons. The van der Waals surface area contributed by atoms with Gasteiger partial charge in [-0.15, -0.1) is 0 Å². The molecular formula is C14H15BrN4O. The van der Waals surface area contributed by atoms with Crippen molar-refractivity contribution in [2.24, 2.45) is 5.92 Å². The summed E-state index contributed by atoms with van der Waals surface area (Å²) < 4.78 is 2.83. The molecule has 3 unspecified atom stereocenters. The zero-order valence-corrected chi connectivity index (χ0v) is 12.4. The van der Waals surface area contributed by atoms with E-state index in [2.05, 4.69) is 31.5 Å². The second-order valence-electron chi connectivity index (χ2n) is 5.66. The first kappa shape index (κ1) is 12.3. The number of aromatic nitrogens is 2. The highest BCUT2D eigenvalue weighted by molar-refractivity contribution is 9.10. The number of carbonyl (C=O) groups is 1. The van der Waals surface area contributed by atoms with E-state index in [1.54, 1.807) is 6.33 Å². The van der Waals surface area contributed by atoms with Crippen molar-refractivity contribution in [1.82, 2.24) is 20.0 Å². The Morgan fingerprint density at radius 3 is 3.10 bits per heavy atom. The molecule has 1 saturated carbocycles. The molecule has 5 nitrogen and oxygen atoms in total. The number of rotatable bonds is 2. The maximum atomic E-state index is 12.3. The van der Waals surface area contributed by atoms with Crippen LogP contribution in [0.4, 0.5) is 0 Å². The first-order chi connectivity index (χ1) is 9.70. The quantitative estimate of drug-likeness (QED) is 0.876. The predicted octanol–water partition coefficient (Wildman–Crippen LogP) is 1.58. The van der Waals surface area contributed by atoms with Crippen LogP contribution in [-0.2, 0) is 0 Å². The van der Waals surface area contributed by atoms with E-state index in [0.29, 0.717) is 11.7 Å². The number of piperidine rings is 1. The third-order valence-electron chi connectivity index (χ3n) is 4.37. The van der Waals surface area contributed by atoms with Gasteiger partial charge in [-0.1, -0.05) is 0 Å². The van der Waals surface area contributed by atoms with Crippen LogP contribution in [-0.4, -0.2) is 33.9 Å². The van der Waals surface area contributed by atoms with Crippen LogP contribution < -0.4 is 10.6 Å². The first-order valence-corrected chi connectivity index (χ1v) is 7.67. The van der Waals surface area contributed by atoms with Gasteiger partial charge in [-0.05, 0) is 59.4 Å². The maximum absolute atomic E-state index is 12.3. The van der Waals surface area contributed by atoms with Crippen molar-refractivity contribution in [3.63, 3.8) is 0 Å². The van der Waals surface area contributed by atoms with Gasteiger partial charge in [0.05, 0.1) is 4.60 Å². The van der Waals surface area contributed by atoms with Crippen molar-refractivity contribution in [1.29, 1.82) is 0 Å². The van der Waals surface area contributed by atoms with Gasteiger partial charge in [-0.25, -0.2) is 4.98 Å². The van der Waals surface area contributed by atoms with Crippen molar-refractivity contribution in [2.75, 3.05) is 6.54 Å². The molecule has 4 rings (SSSR count). The minimum Gasteiger partial charge on any atom is -0.346 e. The van der Waals surface area contributed by atoms with Gasteiger partial charge < -0.3 is 10.6 Å². The smallest absolute Gasteiger partial charge is 0.270 e. The largest absolute Gasteiger partial charge is 0.346 e. The molecule has 2 aliphatic rings.